The number of aryl methyl sites for hydroxylation is 1. The zero-order chi connectivity index (χ0) is 16.0. The number of carbonyl (C=O) groups excluding carboxylic acids is 1. The number of anilines is 1. The normalized spacial score (nSPS) is 18.0. The van der Waals surface area contributed by atoms with E-state index in [4.69, 9.17) is 4.42 Å². The van der Waals surface area contributed by atoms with Gasteiger partial charge < -0.3 is 9.32 Å². The molecule has 1 unspecified atom stereocenters. The number of hydrogen-bond donors (Lipinski definition) is 0. The first-order chi connectivity index (χ1) is 11.1. The Morgan fingerprint density at radius 1 is 1.39 bits per heavy atom. The topological polar surface area (TPSA) is 86.2 Å². The Hall–Kier alpha value is -2.68. The highest BCUT2D eigenvalue weighted by Crippen LogP contribution is 2.28. The third-order valence-corrected chi connectivity index (χ3v) is 4.63. The van der Waals surface area contributed by atoms with Gasteiger partial charge in [0.05, 0.1) is 16.8 Å². The van der Waals surface area contributed by atoms with E-state index in [1.165, 1.54) is 11.3 Å². The highest BCUT2D eigenvalue weighted by molar-refractivity contribution is 7.13. The lowest BCUT2D eigenvalue weighted by Gasteiger charge is -2.13. The Labute approximate surface area is 134 Å². The van der Waals surface area contributed by atoms with E-state index >= 15 is 0 Å². The number of carbonyl (C=O) groups is 1. The van der Waals surface area contributed by atoms with Crippen LogP contribution in [0.1, 0.15) is 12.5 Å². The maximum Gasteiger partial charge on any atom is 0.438 e. The largest absolute Gasteiger partial charge is 0.438 e. The molecule has 1 atom stereocenters. The molecule has 0 N–H and O–H groups in total. The lowest BCUT2D eigenvalue weighted by molar-refractivity contribution is -0.120. The molecule has 0 aliphatic carbocycles. The van der Waals surface area contributed by atoms with Crippen molar-refractivity contribution >= 4 is 22.9 Å². The molecule has 1 aliphatic heterocycles. The maximum absolute atomic E-state index is 12.6. The first kappa shape index (κ1) is 13.9. The molecule has 1 fully saturated rings. The van der Waals surface area contributed by atoms with Crippen molar-refractivity contribution in [3.8, 4) is 10.8 Å². The summed E-state index contributed by atoms with van der Waals surface area (Å²) in [6.45, 7) is 0.517. The summed E-state index contributed by atoms with van der Waals surface area (Å²) in [6.07, 6.45) is 3.90. The van der Waals surface area contributed by atoms with Gasteiger partial charge in [-0.3, -0.25) is 9.48 Å². The van der Waals surface area contributed by atoms with Gasteiger partial charge in [-0.05, 0) is 17.9 Å². The number of thiophene rings is 1. The zero-order valence-corrected chi connectivity index (χ0v) is 13.1. The lowest BCUT2D eigenvalue weighted by atomic mass is 10.2. The van der Waals surface area contributed by atoms with Gasteiger partial charge in [0.2, 0.25) is 0 Å². The van der Waals surface area contributed by atoms with Gasteiger partial charge in [-0.15, -0.1) is 16.4 Å². The predicted octanol–water partition coefficient (Wildman–Crippen LogP) is 1.28. The molecule has 0 spiro atoms. The average Bonchev–Trinajstić information content (AvgIpc) is 3.26. The van der Waals surface area contributed by atoms with Gasteiger partial charge in [-0.25, -0.2) is 4.79 Å². The van der Waals surface area contributed by atoms with Crippen LogP contribution in [0.4, 0.5) is 5.69 Å². The van der Waals surface area contributed by atoms with E-state index in [9.17, 15) is 9.59 Å². The summed E-state index contributed by atoms with van der Waals surface area (Å²) < 4.78 is 7.96. The summed E-state index contributed by atoms with van der Waals surface area (Å²) in [5.41, 5.74) is 0.718. The molecule has 4 heterocycles. The minimum absolute atomic E-state index is 0.175. The van der Waals surface area contributed by atoms with E-state index in [1.807, 2.05) is 17.5 Å². The minimum atomic E-state index is -0.639. The second-order valence-electron chi connectivity index (χ2n) is 5.26. The first-order valence-corrected chi connectivity index (χ1v) is 7.95. The highest BCUT2D eigenvalue weighted by atomic mass is 32.1. The Morgan fingerprint density at radius 2 is 2.26 bits per heavy atom. The van der Waals surface area contributed by atoms with Crippen LogP contribution in [0.2, 0.25) is 0 Å². The molecule has 0 radical (unpaired) electrons. The molecule has 9 heteroatoms. The summed E-state index contributed by atoms with van der Waals surface area (Å²) >= 11 is 1.43. The third kappa shape index (κ3) is 2.29. The van der Waals surface area contributed by atoms with E-state index in [-0.39, 0.29) is 11.8 Å². The van der Waals surface area contributed by atoms with Crippen molar-refractivity contribution in [1.82, 2.24) is 19.6 Å². The van der Waals surface area contributed by atoms with Crippen molar-refractivity contribution in [3.63, 3.8) is 0 Å². The van der Waals surface area contributed by atoms with Crippen LogP contribution in [0, 0.1) is 0 Å². The Kier molecular flexibility index (Phi) is 3.15. The van der Waals surface area contributed by atoms with Crippen LogP contribution in [0.15, 0.2) is 39.1 Å². The van der Waals surface area contributed by atoms with Crippen molar-refractivity contribution in [2.75, 3.05) is 11.4 Å². The fourth-order valence-electron chi connectivity index (χ4n) is 2.68. The number of nitrogens with zero attached hydrogens (tertiary/aromatic N) is 5. The van der Waals surface area contributed by atoms with E-state index in [1.54, 1.807) is 29.0 Å². The predicted molar refractivity (Wildman–Crippen MR) is 83.3 cm³/mol. The summed E-state index contributed by atoms with van der Waals surface area (Å²) in [7, 11) is 1.79. The second-order valence-corrected chi connectivity index (χ2v) is 6.21. The Morgan fingerprint density at radius 3 is 2.96 bits per heavy atom. The van der Waals surface area contributed by atoms with Gasteiger partial charge in [0.1, 0.15) is 6.04 Å². The number of rotatable bonds is 3. The molecule has 3 aromatic heterocycles. The summed E-state index contributed by atoms with van der Waals surface area (Å²) in [5, 5.41) is 10.1. The highest BCUT2D eigenvalue weighted by Gasteiger charge is 2.37. The summed E-state index contributed by atoms with van der Waals surface area (Å²) in [5.74, 6) is -0.538. The minimum Gasteiger partial charge on any atom is -0.387 e. The van der Waals surface area contributed by atoms with Gasteiger partial charge in [0, 0.05) is 19.8 Å². The quantitative estimate of drug-likeness (QED) is 0.721. The SMILES string of the molecule is Cn1cc(N2CCC(n3nc(-c4cccs4)oc3=O)C2=O)cn1. The molecule has 1 saturated heterocycles. The van der Waals surface area contributed by atoms with Gasteiger partial charge in [0.25, 0.3) is 11.8 Å². The van der Waals surface area contributed by atoms with E-state index in [0.29, 0.717) is 13.0 Å². The van der Waals surface area contributed by atoms with Crippen LogP contribution >= 0.6 is 11.3 Å². The molecule has 1 aliphatic rings. The van der Waals surface area contributed by atoms with E-state index in [2.05, 4.69) is 10.2 Å². The molecular weight excluding hydrogens is 318 g/mol. The third-order valence-electron chi connectivity index (χ3n) is 3.78. The summed E-state index contributed by atoms with van der Waals surface area (Å²) in [4.78, 5) is 27.1. The zero-order valence-electron chi connectivity index (χ0n) is 12.2. The van der Waals surface area contributed by atoms with Crippen LogP contribution in [0.25, 0.3) is 10.8 Å². The van der Waals surface area contributed by atoms with Crippen molar-refractivity contribution in [3.05, 3.63) is 40.5 Å². The van der Waals surface area contributed by atoms with Gasteiger partial charge in [0.15, 0.2) is 0 Å². The smallest absolute Gasteiger partial charge is 0.387 e. The van der Waals surface area contributed by atoms with Gasteiger partial charge in [-0.1, -0.05) is 6.07 Å². The molecule has 1 amide bonds. The van der Waals surface area contributed by atoms with Crippen molar-refractivity contribution < 1.29 is 9.21 Å². The number of hydrogen-bond acceptors (Lipinski definition) is 6. The molecule has 4 rings (SSSR count). The fourth-order valence-corrected chi connectivity index (χ4v) is 3.33. The molecule has 23 heavy (non-hydrogen) atoms. The van der Waals surface area contributed by atoms with Crippen molar-refractivity contribution in [2.24, 2.45) is 7.05 Å². The van der Waals surface area contributed by atoms with Crippen LogP contribution in [-0.2, 0) is 11.8 Å². The monoisotopic (exact) mass is 331 g/mol. The van der Waals surface area contributed by atoms with Crippen molar-refractivity contribution in [2.45, 2.75) is 12.5 Å². The van der Waals surface area contributed by atoms with Gasteiger partial charge in [-0.2, -0.15) is 9.78 Å². The van der Waals surface area contributed by atoms with Crippen LogP contribution < -0.4 is 10.7 Å². The molecule has 8 nitrogen and oxygen atoms in total. The van der Waals surface area contributed by atoms with E-state index < -0.39 is 11.8 Å². The Bertz CT molecular complexity index is 907. The second kappa shape index (κ2) is 5.20. The number of aromatic nitrogens is 4. The fraction of sp³-hybridized carbons (Fsp3) is 0.286. The average molecular weight is 331 g/mol. The maximum atomic E-state index is 12.6. The van der Waals surface area contributed by atoms with Crippen LogP contribution in [0.3, 0.4) is 0 Å². The van der Waals surface area contributed by atoms with Crippen LogP contribution in [-0.4, -0.2) is 32.0 Å². The first-order valence-electron chi connectivity index (χ1n) is 7.07. The molecular formula is C14H13N5O3S. The molecule has 118 valence electrons. The molecule has 3 aromatic rings. The Balaban J connectivity index is 1.64. The summed E-state index contributed by atoms with van der Waals surface area (Å²) in [6, 6.07) is 3.03. The molecule has 0 aromatic carbocycles. The van der Waals surface area contributed by atoms with Crippen LogP contribution in [0.5, 0.6) is 0 Å². The molecule has 0 bridgehead atoms. The van der Waals surface area contributed by atoms with E-state index in [0.717, 1.165) is 15.2 Å². The van der Waals surface area contributed by atoms with Crippen molar-refractivity contribution in [1.29, 1.82) is 0 Å². The molecule has 0 saturated carbocycles. The number of amides is 1. The van der Waals surface area contributed by atoms with Gasteiger partial charge >= 0.3 is 5.76 Å². The lowest BCUT2D eigenvalue weighted by Crippen LogP contribution is -2.31. The standard InChI is InChI=1S/C14H13N5O3S/c1-17-8-9(7-15-17)18-5-4-10(13(18)20)19-14(21)22-12(16-19)11-3-2-6-23-11/h2-3,6-8,10H,4-5H2,1H3.